The molecule has 3 amide bonds. The van der Waals surface area contributed by atoms with Crippen molar-refractivity contribution in [3.63, 3.8) is 0 Å². The van der Waals surface area contributed by atoms with Crippen LogP contribution in [0.5, 0.6) is 5.75 Å². The fourth-order valence-electron chi connectivity index (χ4n) is 4.65. The van der Waals surface area contributed by atoms with Crippen LogP contribution in [0.15, 0.2) is 42.5 Å². The number of ketones is 1. The van der Waals surface area contributed by atoms with Crippen molar-refractivity contribution in [2.75, 3.05) is 13.7 Å². The van der Waals surface area contributed by atoms with Crippen LogP contribution >= 0.6 is 23.2 Å². The Morgan fingerprint density at radius 2 is 1.74 bits per heavy atom. The van der Waals surface area contributed by atoms with E-state index in [0.29, 0.717) is 24.5 Å². The van der Waals surface area contributed by atoms with Crippen molar-refractivity contribution in [1.29, 1.82) is 0 Å². The zero-order valence-electron chi connectivity index (χ0n) is 18.8. The summed E-state index contributed by atoms with van der Waals surface area (Å²) in [4.78, 5) is 53.4. The topological polar surface area (TPSA) is 84.0 Å². The molecule has 2 aromatic carbocycles. The van der Waals surface area contributed by atoms with Crippen LogP contribution in [-0.2, 0) is 9.59 Å². The van der Waals surface area contributed by atoms with E-state index in [1.807, 2.05) is 6.92 Å². The Morgan fingerprint density at radius 1 is 1.00 bits per heavy atom. The maximum atomic E-state index is 13.5. The molecule has 1 aliphatic heterocycles. The number of hydrogen-bond donors (Lipinski definition) is 0. The minimum Gasteiger partial charge on any atom is -0.497 e. The second kappa shape index (κ2) is 9.76. The number of carbonyl (C=O) groups excluding carboxylic acids is 4. The number of nitrogens with zero attached hydrogens (tertiary/aromatic N) is 2. The van der Waals surface area contributed by atoms with Crippen LogP contribution in [0.25, 0.3) is 0 Å². The molecule has 178 valence electrons. The summed E-state index contributed by atoms with van der Waals surface area (Å²) < 4.78 is 5.18. The number of halogens is 2. The lowest BCUT2D eigenvalue weighted by atomic mass is 9.76. The van der Waals surface area contributed by atoms with E-state index in [4.69, 9.17) is 27.9 Å². The van der Waals surface area contributed by atoms with Gasteiger partial charge in [0, 0.05) is 11.1 Å². The highest BCUT2D eigenvalue weighted by Gasteiger charge is 2.52. The minimum absolute atomic E-state index is 0.108. The molecule has 9 heteroatoms. The first kappa shape index (κ1) is 24.2. The summed E-state index contributed by atoms with van der Waals surface area (Å²) in [7, 11) is 1.48. The van der Waals surface area contributed by atoms with E-state index in [2.05, 4.69) is 0 Å². The van der Waals surface area contributed by atoms with Gasteiger partial charge in [-0.25, -0.2) is 5.01 Å². The maximum absolute atomic E-state index is 13.5. The Kier molecular flexibility index (Phi) is 6.96. The van der Waals surface area contributed by atoms with Crippen molar-refractivity contribution in [3.05, 3.63) is 63.6 Å². The number of hydrogen-bond acceptors (Lipinski definition) is 5. The Bertz CT molecular complexity index is 1170. The van der Waals surface area contributed by atoms with E-state index in [0.717, 1.165) is 16.4 Å². The van der Waals surface area contributed by atoms with Crippen LogP contribution in [-0.4, -0.2) is 47.2 Å². The predicted octanol–water partition coefficient (Wildman–Crippen LogP) is 4.66. The van der Waals surface area contributed by atoms with Gasteiger partial charge in [0.1, 0.15) is 12.3 Å². The lowest BCUT2D eigenvalue weighted by Crippen LogP contribution is -2.52. The molecule has 1 heterocycles. The number of carbonyl (C=O) groups is 4. The van der Waals surface area contributed by atoms with Gasteiger partial charge < -0.3 is 4.74 Å². The number of fused-ring (bicyclic) bond motifs is 1. The third kappa shape index (κ3) is 4.55. The quantitative estimate of drug-likeness (QED) is 0.423. The first-order chi connectivity index (χ1) is 16.2. The normalized spacial score (nSPS) is 21.9. The summed E-state index contributed by atoms with van der Waals surface area (Å²) in [6.07, 6.45) is 1.98. The summed E-state index contributed by atoms with van der Waals surface area (Å²) in [5.74, 6) is -2.24. The van der Waals surface area contributed by atoms with E-state index in [1.165, 1.54) is 25.3 Å². The van der Waals surface area contributed by atoms with Crippen molar-refractivity contribution in [2.45, 2.75) is 26.2 Å². The average molecular weight is 503 g/mol. The number of benzene rings is 2. The fraction of sp³-hybridized carbons (Fsp3) is 0.360. The largest absolute Gasteiger partial charge is 0.497 e. The minimum atomic E-state index is -0.691. The zero-order valence-corrected chi connectivity index (χ0v) is 20.3. The fourth-order valence-corrected chi connectivity index (χ4v) is 4.94. The molecule has 1 saturated carbocycles. The second-order valence-electron chi connectivity index (χ2n) is 8.77. The van der Waals surface area contributed by atoms with Crippen LogP contribution in [0.3, 0.4) is 0 Å². The molecule has 0 spiro atoms. The summed E-state index contributed by atoms with van der Waals surface area (Å²) in [6, 6.07) is 10.7. The van der Waals surface area contributed by atoms with Gasteiger partial charge in [0.05, 0.1) is 29.0 Å². The highest BCUT2D eigenvalue weighted by Crippen LogP contribution is 2.41. The summed E-state index contributed by atoms with van der Waals surface area (Å²) in [6.45, 7) is 1.54. The number of imide groups is 1. The summed E-state index contributed by atoms with van der Waals surface area (Å²) >= 11 is 12.1. The molecule has 0 unspecified atom stereocenters. The maximum Gasteiger partial charge on any atom is 0.273 e. The number of methoxy groups -OCH3 is 1. The Balaban J connectivity index is 1.71. The zero-order chi connectivity index (χ0) is 24.6. The molecule has 1 saturated heterocycles. The van der Waals surface area contributed by atoms with Crippen molar-refractivity contribution in [3.8, 4) is 5.75 Å². The van der Waals surface area contributed by atoms with Crippen molar-refractivity contribution in [2.24, 2.45) is 17.8 Å². The van der Waals surface area contributed by atoms with E-state index in [9.17, 15) is 19.2 Å². The van der Waals surface area contributed by atoms with Gasteiger partial charge in [-0.15, -0.1) is 0 Å². The number of rotatable bonds is 6. The van der Waals surface area contributed by atoms with Gasteiger partial charge >= 0.3 is 0 Å². The van der Waals surface area contributed by atoms with E-state index in [1.54, 1.807) is 24.3 Å². The standard InChI is InChI=1S/C25H24Cl2N2O5/c1-14-6-8-18-19(10-14)25(33)29(24(18)32)28(23(31)16-7-9-20(26)21(27)12-16)13-22(30)15-4-3-5-17(11-15)34-2/h3-5,7,9,11-12,14,18-19H,6,8,10,13H2,1-2H3/t14-,18+,19-/m0/s1. The lowest BCUT2D eigenvalue weighted by molar-refractivity contribution is -0.154. The molecule has 34 heavy (non-hydrogen) atoms. The number of amides is 3. The molecule has 0 radical (unpaired) electrons. The monoisotopic (exact) mass is 502 g/mol. The smallest absolute Gasteiger partial charge is 0.273 e. The Morgan fingerprint density at radius 3 is 2.44 bits per heavy atom. The molecule has 0 aromatic heterocycles. The summed E-state index contributed by atoms with van der Waals surface area (Å²) in [5.41, 5.74) is 0.396. The van der Waals surface area contributed by atoms with Crippen LogP contribution < -0.4 is 4.74 Å². The predicted molar refractivity (Wildman–Crippen MR) is 127 cm³/mol. The second-order valence-corrected chi connectivity index (χ2v) is 9.58. The molecule has 2 fully saturated rings. The molecule has 2 aliphatic rings. The van der Waals surface area contributed by atoms with E-state index in [-0.39, 0.29) is 21.2 Å². The molecule has 0 N–H and O–H groups in total. The Labute approximate surface area is 207 Å². The van der Waals surface area contributed by atoms with Crippen LogP contribution in [0, 0.1) is 17.8 Å². The average Bonchev–Trinajstić information content (AvgIpc) is 3.07. The van der Waals surface area contributed by atoms with Gasteiger partial charge in [0.2, 0.25) is 0 Å². The van der Waals surface area contributed by atoms with Crippen molar-refractivity contribution in [1.82, 2.24) is 10.0 Å². The van der Waals surface area contributed by atoms with E-state index < -0.39 is 41.9 Å². The molecule has 7 nitrogen and oxygen atoms in total. The molecule has 0 bridgehead atoms. The highest BCUT2D eigenvalue weighted by atomic mass is 35.5. The van der Waals surface area contributed by atoms with Gasteiger partial charge in [-0.3, -0.25) is 19.2 Å². The molecular weight excluding hydrogens is 479 g/mol. The summed E-state index contributed by atoms with van der Waals surface area (Å²) in [5, 5.41) is 2.21. The third-order valence-corrected chi connectivity index (χ3v) is 7.23. The SMILES string of the molecule is COc1cccc(C(=O)CN(C(=O)c2ccc(Cl)c(Cl)c2)N2C(=O)[C@H]3C[C@@H](C)CC[C@H]3C2=O)c1. The van der Waals surface area contributed by atoms with Crippen LogP contribution in [0.2, 0.25) is 10.0 Å². The molecule has 4 rings (SSSR count). The number of ether oxygens (including phenoxy) is 1. The van der Waals surface area contributed by atoms with Gasteiger partial charge in [-0.2, -0.15) is 5.01 Å². The van der Waals surface area contributed by atoms with Gasteiger partial charge in [-0.1, -0.05) is 42.3 Å². The first-order valence-corrected chi connectivity index (χ1v) is 11.8. The number of hydrazine groups is 1. The van der Waals surface area contributed by atoms with Crippen LogP contribution in [0.4, 0.5) is 0 Å². The lowest BCUT2D eigenvalue weighted by Gasteiger charge is -2.30. The molecule has 1 aliphatic carbocycles. The first-order valence-electron chi connectivity index (χ1n) is 11.0. The molecular formula is C25H24Cl2N2O5. The van der Waals surface area contributed by atoms with E-state index >= 15 is 0 Å². The molecule has 3 atom stereocenters. The molecule has 2 aromatic rings. The highest BCUT2D eigenvalue weighted by molar-refractivity contribution is 6.42. The van der Waals surface area contributed by atoms with Crippen molar-refractivity contribution >= 4 is 46.7 Å². The van der Waals surface area contributed by atoms with Crippen LogP contribution in [0.1, 0.15) is 46.9 Å². The van der Waals surface area contributed by atoms with Crippen molar-refractivity contribution < 1.29 is 23.9 Å². The third-order valence-electron chi connectivity index (χ3n) is 6.49. The van der Waals surface area contributed by atoms with Gasteiger partial charge in [-0.05, 0) is 55.5 Å². The Hall–Kier alpha value is -2.90. The number of Topliss-reactive ketones (excluding diaryl/α,β-unsaturated/α-hetero) is 1. The van der Waals surface area contributed by atoms with Gasteiger partial charge in [0.25, 0.3) is 17.7 Å². The van der Waals surface area contributed by atoms with Gasteiger partial charge in [0.15, 0.2) is 5.78 Å².